The summed E-state index contributed by atoms with van der Waals surface area (Å²) in [6.45, 7) is 3.29. The second-order valence-electron chi connectivity index (χ2n) is 6.73. The van der Waals surface area contributed by atoms with E-state index in [1.807, 2.05) is 29.2 Å². The Labute approximate surface area is 156 Å². The van der Waals surface area contributed by atoms with Crippen molar-refractivity contribution in [3.05, 3.63) is 60.2 Å². The minimum absolute atomic E-state index is 0.290. The van der Waals surface area contributed by atoms with E-state index in [4.69, 9.17) is 4.74 Å². The number of unbranched alkanes of at least 4 members (excludes halogenated alkanes) is 1. The van der Waals surface area contributed by atoms with Crippen LogP contribution in [0.2, 0.25) is 0 Å². The largest absolute Gasteiger partial charge is 0.495 e. The molecule has 4 nitrogen and oxygen atoms in total. The molecule has 1 amide bonds. The zero-order valence-corrected chi connectivity index (χ0v) is 15.6. The molecule has 1 heterocycles. The van der Waals surface area contributed by atoms with Crippen LogP contribution in [-0.4, -0.2) is 44.1 Å². The van der Waals surface area contributed by atoms with E-state index in [-0.39, 0.29) is 5.91 Å². The number of carbonyl (C=O) groups excluding carboxylic acids is 1. The summed E-state index contributed by atoms with van der Waals surface area (Å²) < 4.78 is 5.45. The first kappa shape index (κ1) is 18.3. The van der Waals surface area contributed by atoms with Gasteiger partial charge in [-0.05, 0) is 37.0 Å². The number of para-hydroxylation sites is 2. The lowest BCUT2D eigenvalue weighted by molar-refractivity contribution is -0.131. The third-order valence-electron chi connectivity index (χ3n) is 5.01. The van der Waals surface area contributed by atoms with E-state index in [9.17, 15) is 4.79 Å². The molecule has 2 aromatic rings. The van der Waals surface area contributed by atoms with Crippen LogP contribution in [0.1, 0.15) is 24.8 Å². The molecule has 1 fully saturated rings. The molecule has 0 bridgehead atoms. The third-order valence-corrected chi connectivity index (χ3v) is 5.01. The maximum atomic E-state index is 12.5. The normalized spacial score (nSPS) is 14.3. The molecule has 1 aliphatic rings. The number of piperazine rings is 1. The lowest BCUT2D eigenvalue weighted by atomic mass is 10.1. The molecule has 1 saturated heterocycles. The molecule has 2 aromatic carbocycles. The van der Waals surface area contributed by atoms with Crippen LogP contribution < -0.4 is 9.64 Å². The Kier molecular flexibility index (Phi) is 6.53. The molecule has 0 saturated carbocycles. The Morgan fingerprint density at radius 2 is 1.62 bits per heavy atom. The number of rotatable bonds is 7. The first-order valence-electron chi connectivity index (χ1n) is 9.47. The lowest BCUT2D eigenvalue weighted by Crippen LogP contribution is -2.48. The number of ether oxygens (including phenoxy) is 1. The van der Waals surface area contributed by atoms with Gasteiger partial charge in [-0.1, -0.05) is 42.5 Å². The molecule has 0 atom stereocenters. The Morgan fingerprint density at radius 1 is 0.923 bits per heavy atom. The predicted molar refractivity (Wildman–Crippen MR) is 106 cm³/mol. The number of hydrogen-bond donors (Lipinski definition) is 0. The van der Waals surface area contributed by atoms with E-state index in [2.05, 4.69) is 35.2 Å². The summed E-state index contributed by atoms with van der Waals surface area (Å²) in [5.74, 6) is 1.19. The summed E-state index contributed by atoms with van der Waals surface area (Å²) in [6, 6.07) is 18.6. The molecule has 0 unspecified atom stereocenters. The minimum Gasteiger partial charge on any atom is -0.495 e. The van der Waals surface area contributed by atoms with Crippen molar-refractivity contribution in [1.82, 2.24) is 4.90 Å². The van der Waals surface area contributed by atoms with Gasteiger partial charge in [-0.25, -0.2) is 0 Å². The maximum Gasteiger partial charge on any atom is 0.222 e. The summed E-state index contributed by atoms with van der Waals surface area (Å²) in [5, 5.41) is 0. The van der Waals surface area contributed by atoms with Gasteiger partial charge in [0.15, 0.2) is 0 Å². The van der Waals surface area contributed by atoms with Gasteiger partial charge in [-0.2, -0.15) is 0 Å². The van der Waals surface area contributed by atoms with Crippen LogP contribution in [0, 0.1) is 0 Å². The van der Waals surface area contributed by atoms with Gasteiger partial charge in [0.05, 0.1) is 12.8 Å². The van der Waals surface area contributed by atoms with Gasteiger partial charge >= 0.3 is 0 Å². The zero-order chi connectivity index (χ0) is 18.2. The number of amides is 1. The molecule has 0 radical (unpaired) electrons. The Bertz CT molecular complexity index is 694. The average Bonchev–Trinajstić information content (AvgIpc) is 2.72. The number of anilines is 1. The van der Waals surface area contributed by atoms with E-state index in [1.165, 1.54) is 5.56 Å². The Hall–Kier alpha value is -2.49. The first-order chi connectivity index (χ1) is 12.8. The van der Waals surface area contributed by atoms with Crippen LogP contribution in [0.15, 0.2) is 54.6 Å². The highest BCUT2D eigenvalue weighted by Crippen LogP contribution is 2.28. The van der Waals surface area contributed by atoms with Crippen molar-refractivity contribution in [2.24, 2.45) is 0 Å². The van der Waals surface area contributed by atoms with Crippen molar-refractivity contribution in [3.8, 4) is 5.75 Å². The van der Waals surface area contributed by atoms with Gasteiger partial charge in [0.25, 0.3) is 0 Å². The van der Waals surface area contributed by atoms with E-state index in [1.54, 1.807) is 7.11 Å². The highest BCUT2D eigenvalue weighted by atomic mass is 16.5. The molecule has 3 rings (SSSR count). The van der Waals surface area contributed by atoms with Crippen molar-refractivity contribution >= 4 is 11.6 Å². The number of nitrogens with zero attached hydrogens (tertiary/aromatic N) is 2. The van der Waals surface area contributed by atoms with Gasteiger partial charge in [0.1, 0.15) is 5.75 Å². The van der Waals surface area contributed by atoms with Gasteiger partial charge in [0.2, 0.25) is 5.91 Å². The summed E-state index contributed by atoms with van der Waals surface area (Å²) in [5.41, 5.74) is 2.47. The average molecular weight is 352 g/mol. The standard InChI is InChI=1S/C22H28N2O2/c1-26-21-13-7-6-12-20(21)23-15-17-24(18-16-23)22(25)14-8-5-11-19-9-3-2-4-10-19/h2-4,6-7,9-10,12-13H,5,8,11,14-18H2,1H3. The molecule has 1 aliphatic heterocycles. The van der Waals surface area contributed by atoms with Crippen molar-refractivity contribution in [1.29, 1.82) is 0 Å². The lowest BCUT2D eigenvalue weighted by Gasteiger charge is -2.36. The second-order valence-corrected chi connectivity index (χ2v) is 6.73. The Morgan fingerprint density at radius 3 is 2.35 bits per heavy atom. The van der Waals surface area contributed by atoms with E-state index in [0.29, 0.717) is 6.42 Å². The maximum absolute atomic E-state index is 12.5. The molecule has 0 aliphatic carbocycles. The third kappa shape index (κ3) is 4.78. The highest BCUT2D eigenvalue weighted by Gasteiger charge is 2.22. The second kappa shape index (κ2) is 9.27. The predicted octanol–water partition coefficient (Wildman–Crippen LogP) is 3.76. The van der Waals surface area contributed by atoms with Gasteiger partial charge in [0, 0.05) is 32.6 Å². The van der Waals surface area contributed by atoms with Gasteiger partial charge < -0.3 is 14.5 Å². The summed E-state index contributed by atoms with van der Waals surface area (Å²) >= 11 is 0. The van der Waals surface area contributed by atoms with E-state index in [0.717, 1.165) is 56.9 Å². The molecule has 0 spiro atoms. The fourth-order valence-electron chi connectivity index (χ4n) is 3.50. The fraction of sp³-hybridized carbons (Fsp3) is 0.409. The molecule has 0 aromatic heterocycles. The number of aryl methyl sites for hydroxylation is 1. The SMILES string of the molecule is COc1ccccc1N1CCN(C(=O)CCCCc2ccccc2)CC1. The van der Waals surface area contributed by atoms with E-state index < -0.39 is 0 Å². The number of methoxy groups -OCH3 is 1. The van der Waals surface area contributed by atoms with Crippen LogP contribution in [0.4, 0.5) is 5.69 Å². The summed E-state index contributed by atoms with van der Waals surface area (Å²) in [7, 11) is 1.70. The van der Waals surface area contributed by atoms with E-state index >= 15 is 0 Å². The van der Waals surface area contributed by atoms with Crippen LogP contribution in [-0.2, 0) is 11.2 Å². The monoisotopic (exact) mass is 352 g/mol. The van der Waals surface area contributed by atoms with Crippen LogP contribution in [0.5, 0.6) is 5.75 Å². The smallest absolute Gasteiger partial charge is 0.222 e. The highest BCUT2D eigenvalue weighted by molar-refractivity contribution is 5.76. The molecular weight excluding hydrogens is 324 g/mol. The number of hydrogen-bond acceptors (Lipinski definition) is 3. The molecule has 4 heteroatoms. The van der Waals surface area contributed by atoms with Gasteiger partial charge in [-0.3, -0.25) is 4.79 Å². The van der Waals surface area contributed by atoms with Crippen molar-refractivity contribution < 1.29 is 9.53 Å². The summed E-state index contributed by atoms with van der Waals surface area (Å²) in [6.07, 6.45) is 3.73. The molecule has 26 heavy (non-hydrogen) atoms. The quantitative estimate of drug-likeness (QED) is 0.712. The number of benzene rings is 2. The van der Waals surface area contributed by atoms with Crippen molar-refractivity contribution in [3.63, 3.8) is 0 Å². The number of carbonyl (C=O) groups is 1. The molecular formula is C22H28N2O2. The van der Waals surface area contributed by atoms with Crippen LogP contribution in [0.25, 0.3) is 0 Å². The topological polar surface area (TPSA) is 32.8 Å². The fourth-order valence-corrected chi connectivity index (χ4v) is 3.50. The van der Waals surface area contributed by atoms with Crippen LogP contribution in [0.3, 0.4) is 0 Å². The summed E-state index contributed by atoms with van der Waals surface area (Å²) in [4.78, 5) is 16.8. The van der Waals surface area contributed by atoms with Crippen molar-refractivity contribution in [2.45, 2.75) is 25.7 Å². The molecule has 138 valence electrons. The minimum atomic E-state index is 0.290. The zero-order valence-electron chi connectivity index (χ0n) is 15.6. The van der Waals surface area contributed by atoms with Crippen molar-refractivity contribution in [2.75, 3.05) is 38.2 Å². The first-order valence-corrected chi connectivity index (χ1v) is 9.47. The van der Waals surface area contributed by atoms with Gasteiger partial charge in [-0.15, -0.1) is 0 Å². The van der Waals surface area contributed by atoms with Crippen LogP contribution >= 0.6 is 0 Å². The Balaban J connectivity index is 1.41. The molecule has 0 N–H and O–H groups in total.